The average Bonchev–Trinajstić information content (AvgIpc) is 3.49. The Labute approximate surface area is 248 Å². The van der Waals surface area contributed by atoms with Crippen molar-refractivity contribution in [3.63, 3.8) is 0 Å². The summed E-state index contributed by atoms with van der Waals surface area (Å²) in [6, 6.07) is 9.17. The van der Waals surface area contributed by atoms with Crippen molar-refractivity contribution < 1.29 is 23.4 Å². The van der Waals surface area contributed by atoms with Crippen LogP contribution in [0.3, 0.4) is 0 Å². The number of ether oxygens (including phenoxy) is 3. The van der Waals surface area contributed by atoms with Crippen LogP contribution in [0.4, 0.5) is 0 Å². The van der Waals surface area contributed by atoms with Gasteiger partial charge in [0.05, 0.1) is 36.1 Å². The van der Waals surface area contributed by atoms with E-state index in [4.69, 9.17) is 18.6 Å². The van der Waals surface area contributed by atoms with Gasteiger partial charge < -0.3 is 23.6 Å². The van der Waals surface area contributed by atoms with Crippen LogP contribution in [-0.2, 0) is 9.53 Å². The highest BCUT2D eigenvalue weighted by Gasteiger charge is 2.35. The van der Waals surface area contributed by atoms with Crippen molar-refractivity contribution in [3.8, 4) is 11.5 Å². The Balaban J connectivity index is 1.63. The van der Waals surface area contributed by atoms with Crippen molar-refractivity contribution in [2.45, 2.75) is 50.1 Å². The Morgan fingerprint density at radius 2 is 1.93 bits per heavy atom. The van der Waals surface area contributed by atoms with Gasteiger partial charge in [-0.05, 0) is 69.8 Å². The van der Waals surface area contributed by atoms with E-state index in [9.17, 15) is 14.4 Å². The number of allylic oxidation sites excluding steroid dienone is 1. The van der Waals surface area contributed by atoms with Crippen LogP contribution in [0.2, 0.25) is 0 Å². The zero-order valence-corrected chi connectivity index (χ0v) is 25.3. The summed E-state index contributed by atoms with van der Waals surface area (Å²) in [7, 11) is 3.06. The third-order valence-electron chi connectivity index (χ3n) is 6.24. The zero-order chi connectivity index (χ0) is 30.1. The van der Waals surface area contributed by atoms with E-state index in [-0.39, 0.29) is 22.8 Å². The molecule has 42 heavy (non-hydrogen) atoms. The summed E-state index contributed by atoms with van der Waals surface area (Å²) in [5.41, 5.74) is 1.16. The minimum absolute atomic E-state index is 0.227. The molecule has 1 aliphatic rings. The van der Waals surface area contributed by atoms with Gasteiger partial charge in [-0.2, -0.15) is 0 Å². The highest BCUT2D eigenvalue weighted by atomic mass is 32.2. The number of carbonyl (C=O) groups is 1. The first-order chi connectivity index (χ1) is 20.1. The molecule has 0 saturated heterocycles. The van der Waals surface area contributed by atoms with E-state index >= 15 is 0 Å². The number of nitrogens with zero attached hydrogens (tertiary/aromatic N) is 3. The number of aromatic nitrogens is 3. The first-order valence-electron chi connectivity index (χ1n) is 12.9. The fourth-order valence-electron chi connectivity index (χ4n) is 4.50. The predicted molar refractivity (Wildman–Crippen MR) is 157 cm³/mol. The minimum Gasteiger partial charge on any atom is -0.497 e. The van der Waals surface area contributed by atoms with Gasteiger partial charge in [-0.25, -0.2) is 14.8 Å². The highest BCUT2D eigenvalue weighted by Crippen LogP contribution is 2.38. The summed E-state index contributed by atoms with van der Waals surface area (Å²) in [5.74, 6) is 0.842. The normalized spacial score (nSPS) is 15.0. The van der Waals surface area contributed by atoms with E-state index in [2.05, 4.69) is 15.0 Å². The van der Waals surface area contributed by atoms with Crippen molar-refractivity contribution in [3.05, 3.63) is 94.7 Å². The maximum absolute atomic E-state index is 14.0. The quantitative estimate of drug-likeness (QED) is 0.236. The van der Waals surface area contributed by atoms with Gasteiger partial charge in [0.2, 0.25) is 0 Å². The molecule has 0 unspecified atom stereocenters. The molecule has 1 atom stereocenters. The molecule has 4 aromatic rings. The second kappa shape index (κ2) is 11.9. The molecule has 3 aromatic heterocycles. The van der Waals surface area contributed by atoms with Gasteiger partial charge in [-0.3, -0.25) is 14.2 Å². The van der Waals surface area contributed by atoms with E-state index in [1.165, 1.54) is 36.2 Å². The molecule has 11 nitrogen and oxygen atoms in total. The van der Waals surface area contributed by atoms with Crippen LogP contribution >= 0.6 is 23.1 Å². The van der Waals surface area contributed by atoms with Gasteiger partial charge in [0, 0.05) is 23.4 Å². The van der Waals surface area contributed by atoms with Gasteiger partial charge >= 0.3 is 5.97 Å². The van der Waals surface area contributed by atoms with Gasteiger partial charge in [0.1, 0.15) is 23.3 Å². The number of hydrogen-bond acceptors (Lipinski definition) is 11. The molecule has 0 fully saturated rings. The highest BCUT2D eigenvalue weighted by molar-refractivity contribution is 7.99. The fraction of sp³-hybridized carbons (Fsp3) is 0.276. The number of aromatic amines is 1. The van der Waals surface area contributed by atoms with E-state index in [1.54, 1.807) is 64.1 Å². The second-order valence-corrected chi connectivity index (χ2v) is 11.6. The van der Waals surface area contributed by atoms with Crippen molar-refractivity contribution in [2.24, 2.45) is 4.99 Å². The van der Waals surface area contributed by atoms with Gasteiger partial charge in [-0.1, -0.05) is 11.3 Å². The van der Waals surface area contributed by atoms with Crippen molar-refractivity contribution in [1.29, 1.82) is 0 Å². The van der Waals surface area contributed by atoms with Crippen molar-refractivity contribution in [2.75, 3.05) is 14.2 Å². The maximum atomic E-state index is 14.0. The molecule has 0 bridgehead atoms. The van der Waals surface area contributed by atoms with Gasteiger partial charge in [0.15, 0.2) is 15.1 Å². The second-order valence-electron chi connectivity index (χ2n) is 9.59. The Morgan fingerprint density at radius 1 is 1.14 bits per heavy atom. The van der Waals surface area contributed by atoms with Crippen LogP contribution < -0.4 is 29.9 Å². The molecule has 0 spiro atoms. The number of benzene rings is 1. The summed E-state index contributed by atoms with van der Waals surface area (Å²) < 4.78 is 24.4. The lowest BCUT2D eigenvalue weighted by molar-refractivity contribution is -0.143. The number of aryl methyl sites for hydroxylation is 1. The molecule has 1 aliphatic heterocycles. The molecule has 0 radical (unpaired) electrons. The largest absolute Gasteiger partial charge is 0.497 e. The Hall–Kier alpha value is -4.36. The van der Waals surface area contributed by atoms with Crippen LogP contribution in [0.25, 0.3) is 6.08 Å². The van der Waals surface area contributed by atoms with Crippen LogP contribution in [-0.4, -0.2) is 40.8 Å². The summed E-state index contributed by atoms with van der Waals surface area (Å²) in [5, 5.41) is 0.875. The lowest BCUT2D eigenvalue weighted by Gasteiger charge is -2.26. The van der Waals surface area contributed by atoms with E-state index in [0.29, 0.717) is 53.8 Å². The third kappa shape index (κ3) is 5.83. The number of nitrogens with one attached hydrogen (secondary N) is 1. The molecule has 5 rings (SSSR count). The van der Waals surface area contributed by atoms with Gasteiger partial charge in [0.25, 0.3) is 11.1 Å². The van der Waals surface area contributed by atoms with Crippen molar-refractivity contribution in [1.82, 2.24) is 14.5 Å². The summed E-state index contributed by atoms with van der Waals surface area (Å²) in [6.45, 7) is 6.96. The Kier molecular flexibility index (Phi) is 8.23. The number of furan rings is 1. The molecule has 1 N–H and O–H groups in total. The first kappa shape index (κ1) is 29.1. The monoisotopic (exact) mass is 608 g/mol. The SMILES string of the molecule is COc1ccc(OC)c([C@@H]2C(C(=O)OC(C)C)=C(C)N=c3s/c(=C\c4ccc(Sc5nc(C)cc(=O)[nH]5)o4)c(=O)n32)c1. The Morgan fingerprint density at radius 3 is 2.62 bits per heavy atom. The topological polar surface area (TPSA) is 138 Å². The molecular formula is C29H28N4O7S2. The number of carbonyl (C=O) groups excluding carboxylic acids is 1. The number of hydrogen-bond donors (Lipinski definition) is 1. The smallest absolute Gasteiger partial charge is 0.338 e. The number of rotatable bonds is 8. The number of H-pyrrole nitrogens is 1. The molecule has 1 aromatic carbocycles. The summed E-state index contributed by atoms with van der Waals surface area (Å²) >= 11 is 2.33. The molecule has 0 amide bonds. The number of esters is 1. The van der Waals surface area contributed by atoms with Crippen molar-refractivity contribution >= 4 is 35.1 Å². The number of methoxy groups -OCH3 is 2. The molecule has 13 heteroatoms. The lowest BCUT2D eigenvalue weighted by Crippen LogP contribution is -2.40. The van der Waals surface area contributed by atoms with E-state index < -0.39 is 12.0 Å². The van der Waals surface area contributed by atoms with Crippen LogP contribution in [0.5, 0.6) is 11.5 Å². The maximum Gasteiger partial charge on any atom is 0.338 e. The summed E-state index contributed by atoms with van der Waals surface area (Å²) in [6.07, 6.45) is 1.24. The molecular weight excluding hydrogens is 580 g/mol. The molecule has 0 aliphatic carbocycles. The zero-order valence-electron chi connectivity index (χ0n) is 23.7. The van der Waals surface area contributed by atoms with E-state index in [0.717, 1.165) is 11.8 Å². The minimum atomic E-state index is -0.883. The Bertz CT molecular complexity index is 1950. The standard InChI is InChI=1S/C29H28N4O7S2/c1-14(2)39-27(36)24-16(4)31-29-33(25(24)19-12-17(37-5)7-9-20(19)38-6)26(35)21(41-29)13-18-8-10-23(40-18)42-28-30-15(3)11-22(34)32-28/h7-14,25H,1-6H3,(H,30,32,34)/b21-13-/t25-/m1/s1. The molecule has 0 saturated carbocycles. The predicted octanol–water partition coefficient (Wildman–Crippen LogP) is 3.34. The molecule has 4 heterocycles. The van der Waals surface area contributed by atoms with E-state index in [1.807, 2.05) is 0 Å². The average molecular weight is 609 g/mol. The van der Waals surface area contributed by atoms with Gasteiger partial charge in [-0.15, -0.1) is 0 Å². The number of fused-ring (bicyclic) bond motifs is 1. The fourth-order valence-corrected chi connectivity index (χ4v) is 6.33. The van der Waals surface area contributed by atoms with Crippen LogP contribution in [0.15, 0.2) is 76.9 Å². The van der Waals surface area contributed by atoms with Crippen LogP contribution in [0, 0.1) is 6.92 Å². The van der Waals surface area contributed by atoms with Crippen LogP contribution in [0.1, 0.15) is 43.8 Å². The molecule has 218 valence electrons. The summed E-state index contributed by atoms with van der Waals surface area (Å²) in [4.78, 5) is 51.1. The first-order valence-corrected chi connectivity index (χ1v) is 14.5. The number of thiazole rings is 1. The third-order valence-corrected chi connectivity index (χ3v) is 8.03. The lowest BCUT2D eigenvalue weighted by atomic mass is 9.94.